The Morgan fingerprint density at radius 1 is 1.30 bits per heavy atom. The van der Waals surface area contributed by atoms with Crippen molar-refractivity contribution >= 4 is 17.3 Å². The van der Waals surface area contributed by atoms with Crippen molar-refractivity contribution in [3.05, 3.63) is 41.5 Å². The van der Waals surface area contributed by atoms with Gasteiger partial charge in [0.25, 0.3) is 0 Å². The Labute approximate surface area is 131 Å². The Morgan fingerprint density at radius 3 is 2.61 bits per heavy atom. The summed E-state index contributed by atoms with van der Waals surface area (Å²) in [5.74, 6) is -1.85. The molecule has 1 fully saturated rings. The fourth-order valence-corrected chi connectivity index (χ4v) is 3.65. The molecule has 2 atom stereocenters. The summed E-state index contributed by atoms with van der Waals surface area (Å²) in [4.78, 5) is 23.9. The van der Waals surface area contributed by atoms with Crippen LogP contribution in [0.25, 0.3) is 5.57 Å². The number of hydrogen-bond donors (Lipinski definition) is 0. The molecule has 3 nitrogen and oxygen atoms in total. The zero-order valence-corrected chi connectivity index (χ0v) is 12.4. The molecule has 2 aliphatic rings. The highest BCUT2D eigenvalue weighted by Gasteiger charge is 2.50. The summed E-state index contributed by atoms with van der Waals surface area (Å²) in [6.07, 6.45) is -2.90. The van der Waals surface area contributed by atoms with Gasteiger partial charge in [0.2, 0.25) is 0 Å². The van der Waals surface area contributed by atoms with Crippen LogP contribution in [-0.4, -0.2) is 25.0 Å². The number of allylic oxidation sites excluding steroid dienone is 2. The Balaban J connectivity index is 2.02. The molecule has 3 rings (SSSR count). The highest BCUT2D eigenvalue weighted by molar-refractivity contribution is 6.01. The van der Waals surface area contributed by atoms with Crippen LogP contribution in [-0.2, 0) is 19.7 Å². The third kappa shape index (κ3) is 2.46. The van der Waals surface area contributed by atoms with Gasteiger partial charge in [-0.2, -0.15) is 13.2 Å². The highest BCUT2D eigenvalue weighted by atomic mass is 19.4. The Kier molecular flexibility index (Phi) is 3.58. The number of halogens is 3. The molecule has 0 N–H and O–H groups in total. The van der Waals surface area contributed by atoms with Gasteiger partial charge in [-0.1, -0.05) is 30.3 Å². The molecule has 0 radical (unpaired) electrons. The van der Waals surface area contributed by atoms with Crippen molar-refractivity contribution < 1.29 is 27.5 Å². The number of carbonyl (C=O) groups is 2. The maximum atomic E-state index is 13.3. The van der Waals surface area contributed by atoms with E-state index in [4.69, 9.17) is 0 Å². The number of ketones is 1. The highest BCUT2D eigenvalue weighted by Crippen LogP contribution is 2.53. The van der Waals surface area contributed by atoms with Crippen molar-refractivity contribution in [3.8, 4) is 0 Å². The monoisotopic (exact) mass is 324 g/mol. The van der Waals surface area contributed by atoms with Gasteiger partial charge in [0.15, 0.2) is 0 Å². The maximum Gasteiger partial charge on any atom is 0.416 e. The van der Waals surface area contributed by atoms with E-state index in [1.165, 1.54) is 19.3 Å². The number of Topliss-reactive ketones (excluding diaryl/α,β-unsaturated/α-hetero) is 1. The van der Waals surface area contributed by atoms with Crippen LogP contribution in [0.1, 0.15) is 30.4 Å². The summed E-state index contributed by atoms with van der Waals surface area (Å²) in [7, 11) is 1.20. The number of ether oxygens (including phenoxy) is 1. The molecule has 0 saturated heterocycles. The number of methoxy groups -OCH3 is 1. The maximum absolute atomic E-state index is 13.3. The first-order chi connectivity index (χ1) is 10.8. The van der Waals surface area contributed by atoms with Gasteiger partial charge in [-0.15, -0.1) is 0 Å². The Morgan fingerprint density at radius 2 is 2.00 bits per heavy atom. The Hall–Kier alpha value is -2.11. The Bertz CT molecular complexity index is 705. The molecular formula is C17H15F3O3. The van der Waals surface area contributed by atoms with Gasteiger partial charge >= 0.3 is 12.1 Å². The summed E-state index contributed by atoms with van der Waals surface area (Å²) in [5, 5.41) is 0. The molecule has 0 heterocycles. The van der Waals surface area contributed by atoms with E-state index in [2.05, 4.69) is 4.74 Å². The normalized spacial score (nSPS) is 26.9. The van der Waals surface area contributed by atoms with E-state index in [-0.39, 0.29) is 24.2 Å². The van der Waals surface area contributed by atoms with Crippen LogP contribution in [0.15, 0.2) is 30.3 Å². The fraction of sp³-hybridized carbons (Fsp3) is 0.412. The molecule has 0 bridgehead atoms. The molecule has 0 aliphatic heterocycles. The minimum atomic E-state index is -4.47. The van der Waals surface area contributed by atoms with Crippen molar-refractivity contribution in [2.45, 2.75) is 30.9 Å². The zero-order chi connectivity index (χ0) is 16.8. The minimum absolute atomic E-state index is 0.108. The van der Waals surface area contributed by atoms with E-state index >= 15 is 0 Å². The van der Waals surface area contributed by atoms with E-state index in [1.807, 2.05) is 0 Å². The number of fused-ring (bicyclic) bond motifs is 2. The number of carbonyl (C=O) groups excluding carboxylic acids is 2. The van der Waals surface area contributed by atoms with Crippen LogP contribution in [0.3, 0.4) is 0 Å². The van der Waals surface area contributed by atoms with Gasteiger partial charge in [-0.05, 0) is 24.0 Å². The first kappa shape index (κ1) is 15.8. The van der Waals surface area contributed by atoms with Crippen molar-refractivity contribution in [2.24, 2.45) is 5.92 Å². The first-order valence-electron chi connectivity index (χ1n) is 7.29. The van der Waals surface area contributed by atoms with Gasteiger partial charge in [0, 0.05) is 11.8 Å². The van der Waals surface area contributed by atoms with E-state index in [0.717, 1.165) is 0 Å². The molecule has 0 amide bonds. The standard InChI is InChI=1S/C17H15F3O3/c1-23-15(22)11-6-7-16(9-14(11)21)8-13(17(18,19)20)10-4-2-3-5-12(10)16/h2-5,8,11H,6-7,9H2,1H3/t11?,16-/m1/s1. The molecule has 1 saturated carbocycles. The van der Waals surface area contributed by atoms with Gasteiger partial charge < -0.3 is 4.74 Å². The second kappa shape index (κ2) is 5.22. The largest absolute Gasteiger partial charge is 0.468 e. The molecular weight excluding hydrogens is 309 g/mol. The van der Waals surface area contributed by atoms with Gasteiger partial charge in [-0.3, -0.25) is 9.59 Å². The lowest BCUT2D eigenvalue weighted by Crippen LogP contribution is -2.39. The number of esters is 1. The molecule has 1 spiro atoms. The fourth-order valence-electron chi connectivity index (χ4n) is 3.65. The predicted octanol–water partition coefficient (Wildman–Crippen LogP) is 3.43. The number of hydrogen-bond acceptors (Lipinski definition) is 3. The van der Waals surface area contributed by atoms with Gasteiger partial charge in [-0.25, -0.2) is 0 Å². The molecule has 1 unspecified atom stereocenters. The molecule has 1 aromatic carbocycles. The molecule has 6 heteroatoms. The third-order valence-electron chi connectivity index (χ3n) is 4.72. The number of rotatable bonds is 1. The SMILES string of the molecule is COC(=O)C1CC[C@@]2(C=C(C(F)(F)F)c3ccccc32)CC1=O. The summed E-state index contributed by atoms with van der Waals surface area (Å²) in [6.45, 7) is 0. The quantitative estimate of drug-likeness (QED) is 0.587. The third-order valence-corrected chi connectivity index (χ3v) is 4.72. The van der Waals surface area contributed by atoms with Crippen molar-refractivity contribution in [2.75, 3.05) is 7.11 Å². The summed E-state index contributed by atoms with van der Waals surface area (Å²) in [5.41, 5.74) is -1.02. The van der Waals surface area contributed by atoms with Crippen LogP contribution in [0.4, 0.5) is 13.2 Å². The van der Waals surface area contributed by atoms with E-state index in [9.17, 15) is 22.8 Å². The summed E-state index contributed by atoms with van der Waals surface area (Å²) >= 11 is 0. The van der Waals surface area contributed by atoms with Crippen LogP contribution in [0, 0.1) is 5.92 Å². The lowest BCUT2D eigenvalue weighted by atomic mass is 9.67. The zero-order valence-electron chi connectivity index (χ0n) is 12.4. The number of benzene rings is 1. The molecule has 23 heavy (non-hydrogen) atoms. The van der Waals surface area contributed by atoms with Gasteiger partial charge in [0.1, 0.15) is 11.7 Å². The summed E-state index contributed by atoms with van der Waals surface area (Å²) in [6, 6.07) is 6.29. The lowest BCUT2D eigenvalue weighted by Gasteiger charge is -2.35. The van der Waals surface area contributed by atoms with Crippen molar-refractivity contribution in [1.29, 1.82) is 0 Å². The molecule has 2 aliphatic carbocycles. The van der Waals surface area contributed by atoms with Crippen molar-refractivity contribution in [1.82, 2.24) is 0 Å². The van der Waals surface area contributed by atoms with E-state index in [1.54, 1.807) is 18.2 Å². The summed E-state index contributed by atoms with van der Waals surface area (Å²) < 4.78 is 44.5. The molecule has 0 aromatic heterocycles. The van der Waals surface area contributed by atoms with E-state index < -0.39 is 29.1 Å². The smallest absolute Gasteiger partial charge is 0.416 e. The second-order valence-electron chi connectivity index (χ2n) is 6.02. The topological polar surface area (TPSA) is 43.4 Å². The minimum Gasteiger partial charge on any atom is -0.468 e. The average Bonchev–Trinajstić information content (AvgIpc) is 2.82. The lowest BCUT2D eigenvalue weighted by molar-refractivity contribution is -0.151. The van der Waals surface area contributed by atoms with Gasteiger partial charge in [0.05, 0.1) is 12.7 Å². The van der Waals surface area contributed by atoms with Crippen molar-refractivity contribution in [3.63, 3.8) is 0 Å². The van der Waals surface area contributed by atoms with Crippen LogP contribution in [0.2, 0.25) is 0 Å². The predicted molar refractivity (Wildman–Crippen MR) is 76.5 cm³/mol. The van der Waals surface area contributed by atoms with E-state index in [0.29, 0.717) is 12.0 Å². The number of alkyl halides is 3. The average molecular weight is 324 g/mol. The van der Waals surface area contributed by atoms with Crippen LogP contribution >= 0.6 is 0 Å². The molecule has 122 valence electrons. The first-order valence-corrected chi connectivity index (χ1v) is 7.29. The molecule has 1 aromatic rings. The van der Waals surface area contributed by atoms with Crippen LogP contribution in [0.5, 0.6) is 0 Å². The van der Waals surface area contributed by atoms with Crippen LogP contribution < -0.4 is 0 Å². The second-order valence-corrected chi connectivity index (χ2v) is 6.02.